The molecular formula is C9H13BrO. The second-order valence-corrected chi connectivity index (χ2v) is 4.91. The van der Waals surface area contributed by atoms with Crippen molar-refractivity contribution in [2.75, 3.05) is 11.9 Å². The number of fused-ring (bicyclic) bond motifs is 2. The molecule has 1 aliphatic heterocycles. The molecular weight excluding hydrogens is 204 g/mol. The summed E-state index contributed by atoms with van der Waals surface area (Å²) in [6, 6.07) is 0. The van der Waals surface area contributed by atoms with Crippen LogP contribution in [0.1, 0.15) is 25.7 Å². The number of ether oxygens (including phenoxy) is 1. The third-order valence-corrected chi connectivity index (χ3v) is 5.10. The maximum Gasteiger partial charge on any atom is 0.0750 e. The minimum absolute atomic E-state index is 0.348. The molecule has 0 aromatic heterocycles. The number of hydrogen-bond donors (Lipinski definition) is 0. The standard InChI is InChI=1S/C9H13BrO/c10-6-8-4-7(8)5-11-9(8)2-1-3-9/h7H,1-6H2/t7-,8+/m0/s1. The van der Waals surface area contributed by atoms with E-state index in [-0.39, 0.29) is 0 Å². The van der Waals surface area contributed by atoms with Gasteiger partial charge in [-0.15, -0.1) is 0 Å². The van der Waals surface area contributed by atoms with Gasteiger partial charge in [0.25, 0.3) is 0 Å². The zero-order valence-electron chi connectivity index (χ0n) is 6.61. The minimum atomic E-state index is 0.348. The van der Waals surface area contributed by atoms with Gasteiger partial charge in [0.15, 0.2) is 0 Å². The average molecular weight is 217 g/mol. The monoisotopic (exact) mass is 216 g/mol. The van der Waals surface area contributed by atoms with Crippen LogP contribution in [0.2, 0.25) is 0 Å². The number of hydrogen-bond acceptors (Lipinski definition) is 1. The Balaban J connectivity index is 1.94. The molecule has 0 radical (unpaired) electrons. The van der Waals surface area contributed by atoms with E-state index in [1.807, 2.05) is 0 Å². The van der Waals surface area contributed by atoms with Gasteiger partial charge in [0.1, 0.15) is 0 Å². The van der Waals surface area contributed by atoms with Gasteiger partial charge < -0.3 is 4.74 Å². The van der Waals surface area contributed by atoms with Crippen LogP contribution in [0.4, 0.5) is 0 Å². The lowest BCUT2D eigenvalue weighted by atomic mass is 9.69. The molecule has 2 heteroatoms. The summed E-state index contributed by atoms with van der Waals surface area (Å²) in [6.45, 7) is 1.05. The average Bonchev–Trinajstić information content (AvgIpc) is 2.57. The van der Waals surface area contributed by atoms with E-state index in [0.29, 0.717) is 11.0 Å². The summed E-state index contributed by atoms with van der Waals surface area (Å²) in [7, 11) is 0. The molecule has 2 atom stereocenters. The first-order valence-electron chi connectivity index (χ1n) is 4.53. The Hall–Kier alpha value is 0.440. The Kier molecular flexibility index (Phi) is 1.16. The first kappa shape index (κ1) is 6.90. The summed E-state index contributed by atoms with van der Waals surface area (Å²) in [5.41, 5.74) is 0.937. The summed E-state index contributed by atoms with van der Waals surface area (Å²) in [6.07, 6.45) is 5.48. The van der Waals surface area contributed by atoms with E-state index in [9.17, 15) is 0 Å². The second-order valence-electron chi connectivity index (χ2n) is 4.35. The summed E-state index contributed by atoms with van der Waals surface area (Å²) in [5, 5.41) is 1.17. The van der Waals surface area contributed by atoms with Crippen molar-refractivity contribution in [2.45, 2.75) is 31.3 Å². The third-order valence-electron chi connectivity index (χ3n) is 4.10. The fraction of sp³-hybridized carbons (Fsp3) is 1.00. The fourth-order valence-electron chi connectivity index (χ4n) is 2.99. The summed E-state index contributed by atoms with van der Waals surface area (Å²) >= 11 is 3.64. The molecule has 0 amide bonds. The van der Waals surface area contributed by atoms with Crippen molar-refractivity contribution in [3.63, 3.8) is 0 Å². The summed E-state index contributed by atoms with van der Waals surface area (Å²) in [4.78, 5) is 0. The maximum atomic E-state index is 5.90. The largest absolute Gasteiger partial charge is 0.374 e. The molecule has 62 valence electrons. The van der Waals surface area contributed by atoms with E-state index in [2.05, 4.69) is 15.9 Å². The first-order valence-corrected chi connectivity index (χ1v) is 5.65. The van der Waals surface area contributed by atoms with Crippen LogP contribution in [-0.4, -0.2) is 17.5 Å². The van der Waals surface area contributed by atoms with Gasteiger partial charge in [0, 0.05) is 10.7 Å². The molecule has 1 heterocycles. The molecule has 11 heavy (non-hydrogen) atoms. The SMILES string of the molecule is BrC[C@]12C[C@H]1COC21CCC1. The maximum absolute atomic E-state index is 5.90. The molecule has 0 unspecified atom stereocenters. The van der Waals surface area contributed by atoms with Gasteiger partial charge >= 0.3 is 0 Å². The molecule has 0 aromatic rings. The van der Waals surface area contributed by atoms with Gasteiger partial charge in [-0.25, -0.2) is 0 Å². The molecule has 2 saturated carbocycles. The Morgan fingerprint density at radius 3 is 2.64 bits per heavy atom. The predicted molar refractivity (Wildman–Crippen MR) is 46.9 cm³/mol. The van der Waals surface area contributed by atoms with Gasteiger partial charge in [-0.2, -0.15) is 0 Å². The molecule has 0 N–H and O–H groups in total. The van der Waals surface area contributed by atoms with Crippen molar-refractivity contribution in [1.82, 2.24) is 0 Å². The van der Waals surface area contributed by atoms with E-state index < -0.39 is 0 Å². The highest BCUT2D eigenvalue weighted by atomic mass is 79.9. The predicted octanol–water partition coefficient (Wildman–Crippen LogP) is 2.34. The van der Waals surface area contributed by atoms with Crippen molar-refractivity contribution in [3.05, 3.63) is 0 Å². The van der Waals surface area contributed by atoms with Crippen molar-refractivity contribution >= 4 is 15.9 Å². The fourth-order valence-corrected chi connectivity index (χ4v) is 4.18. The van der Waals surface area contributed by atoms with E-state index in [0.717, 1.165) is 12.5 Å². The molecule has 1 saturated heterocycles. The van der Waals surface area contributed by atoms with E-state index in [4.69, 9.17) is 4.74 Å². The second kappa shape index (κ2) is 1.85. The van der Waals surface area contributed by atoms with Crippen molar-refractivity contribution in [2.24, 2.45) is 11.3 Å². The molecule has 0 aromatic carbocycles. The van der Waals surface area contributed by atoms with Crippen LogP contribution in [0.15, 0.2) is 0 Å². The highest BCUT2D eigenvalue weighted by Gasteiger charge is 2.72. The Morgan fingerprint density at radius 2 is 2.27 bits per heavy atom. The van der Waals surface area contributed by atoms with Gasteiger partial charge in [-0.3, -0.25) is 0 Å². The van der Waals surface area contributed by atoms with Crippen molar-refractivity contribution < 1.29 is 4.74 Å². The van der Waals surface area contributed by atoms with Crippen LogP contribution in [0.5, 0.6) is 0 Å². The molecule has 2 aliphatic carbocycles. The minimum Gasteiger partial charge on any atom is -0.374 e. The smallest absolute Gasteiger partial charge is 0.0750 e. The zero-order valence-corrected chi connectivity index (χ0v) is 8.19. The molecule has 1 nitrogen and oxygen atoms in total. The van der Waals surface area contributed by atoms with Crippen LogP contribution in [0.3, 0.4) is 0 Å². The normalized spacial score (nSPS) is 50.5. The van der Waals surface area contributed by atoms with Crippen LogP contribution < -0.4 is 0 Å². The molecule has 1 spiro atoms. The van der Waals surface area contributed by atoms with E-state index in [1.54, 1.807) is 0 Å². The lowest BCUT2D eigenvalue weighted by Crippen LogP contribution is -2.46. The lowest BCUT2D eigenvalue weighted by Gasteiger charge is -2.44. The Bertz CT molecular complexity index is 190. The first-order chi connectivity index (χ1) is 5.33. The summed E-state index contributed by atoms with van der Waals surface area (Å²) in [5.74, 6) is 0.905. The molecule has 0 bridgehead atoms. The highest BCUT2D eigenvalue weighted by Crippen LogP contribution is 2.71. The lowest BCUT2D eigenvalue weighted by molar-refractivity contribution is -0.104. The van der Waals surface area contributed by atoms with Gasteiger partial charge in [0.05, 0.1) is 12.2 Å². The van der Waals surface area contributed by atoms with Crippen LogP contribution in [-0.2, 0) is 4.74 Å². The zero-order chi connectivity index (χ0) is 7.53. The number of rotatable bonds is 1. The molecule has 3 aliphatic rings. The third kappa shape index (κ3) is 0.592. The number of halogens is 1. The summed E-state index contributed by atoms with van der Waals surface area (Å²) < 4.78 is 5.90. The van der Waals surface area contributed by atoms with Gasteiger partial charge in [0.2, 0.25) is 0 Å². The van der Waals surface area contributed by atoms with E-state index >= 15 is 0 Å². The van der Waals surface area contributed by atoms with Crippen LogP contribution in [0.25, 0.3) is 0 Å². The van der Waals surface area contributed by atoms with Gasteiger partial charge in [-0.1, -0.05) is 15.9 Å². The van der Waals surface area contributed by atoms with Crippen LogP contribution >= 0.6 is 15.9 Å². The highest BCUT2D eigenvalue weighted by molar-refractivity contribution is 9.09. The van der Waals surface area contributed by atoms with Crippen molar-refractivity contribution in [1.29, 1.82) is 0 Å². The van der Waals surface area contributed by atoms with Crippen molar-refractivity contribution in [3.8, 4) is 0 Å². The molecule has 3 fully saturated rings. The van der Waals surface area contributed by atoms with E-state index in [1.165, 1.54) is 31.0 Å². The Labute approximate surface area is 75.6 Å². The van der Waals surface area contributed by atoms with Crippen LogP contribution in [0, 0.1) is 11.3 Å². The Morgan fingerprint density at radius 1 is 1.45 bits per heavy atom. The quantitative estimate of drug-likeness (QED) is 0.612. The molecule has 3 rings (SSSR count). The number of alkyl halides is 1. The topological polar surface area (TPSA) is 9.23 Å². The van der Waals surface area contributed by atoms with Gasteiger partial charge in [-0.05, 0) is 31.6 Å².